The van der Waals surface area contributed by atoms with Crippen molar-refractivity contribution in [2.24, 2.45) is 11.8 Å². The second-order valence-corrected chi connectivity index (χ2v) is 5.79. The normalized spacial score (nSPS) is 10.8. The highest BCUT2D eigenvalue weighted by molar-refractivity contribution is 5.80. The quantitative estimate of drug-likeness (QED) is 0.634. The summed E-state index contributed by atoms with van der Waals surface area (Å²) in [6.07, 6.45) is 3.17. The number of nitrogens with zero attached hydrogens (tertiary/aromatic N) is 1. The van der Waals surface area contributed by atoms with Crippen molar-refractivity contribution in [2.75, 3.05) is 19.6 Å². The number of rotatable bonds is 9. The van der Waals surface area contributed by atoms with E-state index in [1.54, 1.807) is 0 Å². The Hall–Kier alpha value is -1.26. The number of hydrogen-bond acceptors (Lipinski definition) is 2. The lowest BCUT2D eigenvalue weighted by Crippen LogP contribution is -2.44. The lowest BCUT2D eigenvalue weighted by atomic mass is 10.1. The van der Waals surface area contributed by atoms with Crippen LogP contribution < -0.4 is 5.32 Å². The summed E-state index contributed by atoms with van der Waals surface area (Å²) in [7, 11) is 0. The molecule has 0 aromatic carbocycles. The van der Waals surface area contributed by atoms with E-state index in [1.165, 1.54) is 4.90 Å². The van der Waals surface area contributed by atoms with E-state index < -0.39 is 5.97 Å². The van der Waals surface area contributed by atoms with Crippen molar-refractivity contribution >= 4 is 12.0 Å². The Kier molecular flexibility index (Phi) is 9.00. The second kappa shape index (κ2) is 9.64. The molecule has 0 aliphatic heterocycles. The first kappa shape index (κ1) is 17.7. The molecule has 0 spiro atoms. The molecule has 112 valence electrons. The fraction of sp³-hybridized carbons (Fsp3) is 0.857. The zero-order chi connectivity index (χ0) is 14.8. The van der Waals surface area contributed by atoms with Crippen molar-refractivity contribution < 1.29 is 14.7 Å². The molecular weight excluding hydrogens is 244 g/mol. The van der Waals surface area contributed by atoms with Gasteiger partial charge in [-0.1, -0.05) is 40.5 Å². The third-order valence-corrected chi connectivity index (χ3v) is 2.68. The molecule has 2 N–H and O–H groups in total. The maximum atomic E-state index is 11.9. The molecule has 0 aromatic rings. The van der Waals surface area contributed by atoms with Gasteiger partial charge in [0.25, 0.3) is 0 Å². The van der Waals surface area contributed by atoms with Crippen LogP contribution in [-0.2, 0) is 4.79 Å². The molecule has 2 amide bonds. The number of amides is 2. The molecule has 0 aromatic heterocycles. The van der Waals surface area contributed by atoms with Crippen molar-refractivity contribution in [3.05, 3.63) is 0 Å². The fourth-order valence-corrected chi connectivity index (χ4v) is 1.81. The summed E-state index contributed by atoms with van der Waals surface area (Å²) in [5.41, 5.74) is 0. The molecule has 5 nitrogen and oxygen atoms in total. The van der Waals surface area contributed by atoms with Crippen molar-refractivity contribution in [2.45, 2.75) is 47.0 Å². The predicted molar refractivity (Wildman–Crippen MR) is 76.1 cm³/mol. The van der Waals surface area contributed by atoms with Crippen molar-refractivity contribution in [3.8, 4) is 0 Å². The molecule has 0 fully saturated rings. The van der Waals surface area contributed by atoms with Gasteiger partial charge in [-0.3, -0.25) is 4.79 Å². The lowest BCUT2D eigenvalue weighted by Gasteiger charge is -2.23. The third kappa shape index (κ3) is 10.4. The molecule has 5 heteroatoms. The zero-order valence-electron chi connectivity index (χ0n) is 12.6. The summed E-state index contributed by atoms with van der Waals surface area (Å²) in [6, 6.07) is -0.277. The number of carbonyl (C=O) groups excluding carboxylic acids is 1. The predicted octanol–water partition coefficient (Wildman–Crippen LogP) is 2.56. The Morgan fingerprint density at radius 2 is 1.74 bits per heavy atom. The first-order valence-electron chi connectivity index (χ1n) is 7.07. The van der Waals surface area contributed by atoms with Crippen molar-refractivity contribution in [3.63, 3.8) is 0 Å². The molecule has 0 unspecified atom stereocenters. The molecule has 0 saturated heterocycles. The highest BCUT2D eigenvalue weighted by Gasteiger charge is 2.17. The van der Waals surface area contributed by atoms with Crippen LogP contribution in [0.15, 0.2) is 0 Å². The van der Waals surface area contributed by atoms with E-state index in [-0.39, 0.29) is 18.5 Å². The van der Waals surface area contributed by atoms with Crippen LogP contribution >= 0.6 is 0 Å². The average molecular weight is 272 g/mol. The molecule has 0 radical (unpaired) electrons. The molecule has 0 aliphatic rings. The summed E-state index contributed by atoms with van der Waals surface area (Å²) in [5.74, 6) is -0.0400. The molecule has 0 saturated carbocycles. The van der Waals surface area contributed by atoms with Crippen LogP contribution in [0.4, 0.5) is 4.79 Å². The van der Waals surface area contributed by atoms with E-state index in [1.807, 2.05) is 13.8 Å². The van der Waals surface area contributed by atoms with E-state index in [0.29, 0.717) is 19.0 Å². The number of carboxylic acids is 1. The van der Waals surface area contributed by atoms with Crippen LogP contribution in [0.25, 0.3) is 0 Å². The first-order valence-corrected chi connectivity index (χ1v) is 7.07. The van der Waals surface area contributed by atoms with E-state index in [4.69, 9.17) is 5.11 Å². The van der Waals surface area contributed by atoms with Gasteiger partial charge in [-0.05, 0) is 18.3 Å². The topological polar surface area (TPSA) is 69.6 Å². The van der Waals surface area contributed by atoms with Crippen molar-refractivity contribution in [1.29, 1.82) is 0 Å². The molecule has 0 atom stereocenters. The largest absolute Gasteiger partial charge is 0.480 e. The second-order valence-electron chi connectivity index (χ2n) is 5.79. The highest BCUT2D eigenvalue weighted by Crippen LogP contribution is 2.05. The van der Waals surface area contributed by atoms with Gasteiger partial charge in [0.15, 0.2) is 0 Å². The minimum atomic E-state index is -0.976. The summed E-state index contributed by atoms with van der Waals surface area (Å²) in [4.78, 5) is 23.9. The summed E-state index contributed by atoms with van der Waals surface area (Å²) in [6.45, 7) is 9.11. The number of aliphatic carboxylic acids is 1. The number of carboxylic acid groups (broad SMARTS) is 1. The summed E-state index contributed by atoms with van der Waals surface area (Å²) in [5, 5.41) is 11.6. The van der Waals surface area contributed by atoms with E-state index in [9.17, 15) is 9.59 Å². The first-order chi connectivity index (χ1) is 8.82. The Morgan fingerprint density at radius 1 is 1.11 bits per heavy atom. The Balaban J connectivity index is 3.99. The van der Waals surface area contributed by atoms with Gasteiger partial charge >= 0.3 is 12.0 Å². The van der Waals surface area contributed by atoms with Gasteiger partial charge in [-0.2, -0.15) is 0 Å². The SMILES string of the molecule is CC(C)CCCCNC(=O)N(CC(=O)O)CC(C)C. The monoisotopic (exact) mass is 272 g/mol. The Morgan fingerprint density at radius 3 is 2.21 bits per heavy atom. The number of carbonyl (C=O) groups is 2. The number of urea groups is 1. The Bertz CT molecular complexity index is 278. The van der Waals surface area contributed by atoms with Gasteiger partial charge in [0.05, 0.1) is 0 Å². The van der Waals surface area contributed by atoms with Gasteiger partial charge in [-0.25, -0.2) is 4.79 Å². The van der Waals surface area contributed by atoms with Crippen LogP contribution in [0.1, 0.15) is 47.0 Å². The summed E-state index contributed by atoms with van der Waals surface area (Å²) < 4.78 is 0. The van der Waals surface area contributed by atoms with Gasteiger partial charge < -0.3 is 15.3 Å². The zero-order valence-corrected chi connectivity index (χ0v) is 12.6. The maximum Gasteiger partial charge on any atom is 0.323 e. The molecule has 19 heavy (non-hydrogen) atoms. The molecular formula is C14H28N2O3. The highest BCUT2D eigenvalue weighted by atomic mass is 16.4. The van der Waals surface area contributed by atoms with Gasteiger partial charge in [0, 0.05) is 13.1 Å². The van der Waals surface area contributed by atoms with Gasteiger partial charge in [0.2, 0.25) is 0 Å². The minimum absolute atomic E-state index is 0.240. The molecule has 0 aliphatic carbocycles. The van der Waals surface area contributed by atoms with Crippen LogP contribution in [-0.4, -0.2) is 41.6 Å². The van der Waals surface area contributed by atoms with E-state index in [2.05, 4.69) is 19.2 Å². The molecule has 0 rings (SSSR count). The lowest BCUT2D eigenvalue weighted by molar-refractivity contribution is -0.137. The smallest absolute Gasteiger partial charge is 0.323 e. The van der Waals surface area contributed by atoms with Gasteiger partial charge in [0.1, 0.15) is 6.54 Å². The minimum Gasteiger partial charge on any atom is -0.480 e. The van der Waals surface area contributed by atoms with Crippen molar-refractivity contribution in [1.82, 2.24) is 10.2 Å². The number of nitrogens with one attached hydrogen (secondary N) is 1. The van der Waals surface area contributed by atoms with Crippen LogP contribution in [0.3, 0.4) is 0 Å². The Labute approximate surface area is 116 Å². The maximum absolute atomic E-state index is 11.9. The fourth-order valence-electron chi connectivity index (χ4n) is 1.81. The molecule has 0 heterocycles. The van der Waals surface area contributed by atoms with Crippen LogP contribution in [0.5, 0.6) is 0 Å². The van der Waals surface area contributed by atoms with Gasteiger partial charge in [-0.15, -0.1) is 0 Å². The van der Waals surface area contributed by atoms with E-state index >= 15 is 0 Å². The average Bonchev–Trinajstić information content (AvgIpc) is 2.25. The third-order valence-electron chi connectivity index (χ3n) is 2.68. The number of hydrogen-bond donors (Lipinski definition) is 2. The van der Waals surface area contributed by atoms with E-state index in [0.717, 1.165) is 19.3 Å². The van der Waals surface area contributed by atoms with Crippen LogP contribution in [0, 0.1) is 11.8 Å². The summed E-state index contributed by atoms with van der Waals surface area (Å²) >= 11 is 0. The van der Waals surface area contributed by atoms with Crippen LogP contribution in [0.2, 0.25) is 0 Å². The standard InChI is InChI=1S/C14H28N2O3/c1-11(2)7-5-6-8-15-14(19)16(9-12(3)4)10-13(17)18/h11-12H,5-10H2,1-4H3,(H,15,19)(H,17,18). The number of unbranched alkanes of at least 4 members (excludes halogenated alkanes) is 1. The molecule has 0 bridgehead atoms.